The number of anilines is 1. The second-order valence-electron chi connectivity index (χ2n) is 5.27. The average Bonchev–Trinajstić information content (AvgIpc) is 2.37. The first-order chi connectivity index (χ1) is 9.63. The minimum Gasteiger partial charge on any atom is -0.369 e. The summed E-state index contributed by atoms with van der Waals surface area (Å²) in [6, 6.07) is 5.11. The number of sulfone groups is 1. The van der Waals surface area contributed by atoms with Gasteiger partial charge >= 0.3 is 5.51 Å². The molecule has 8 heteroatoms. The highest BCUT2D eigenvalue weighted by Gasteiger charge is 2.46. The molecule has 1 aromatic rings. The normalized spacial score (nSPS) is 24.1. The van der Waals surface area contributed by atoms with Gasteiger partial charge in [-0.15, -0.1) is 0 Å². The van der Waals surface area contributed by atoms with Crippen molar-refractivity contribution in [1.29, 1.82) is 0 Å². The molecule has 0 bridgehead atoms. The highest BCUT2D eigenvalue weighted by Crippen LogP contribution is 2.32. The Hall–Kier alpha value is -1.28. The largest absolute Gasteiger partial charge is 0.501 e. The van der Waals surface area contributed by atoms with Gasteiger partial charge in [-0.05, 0) is 44.0 Å². The maximum absolute atomic E-state index is 12.5. The fourth-order valence-electron chi connectivity index (χ4n) is 2.54. The highest BCUT2D eigenvalue weighted by atomic mass is 32.2. The molecule has 1 fully saturated rings. The van der Waals surface area contributed by atoms with Gasteiger partial charge in [-0.3, -0.25) is 0 Å². The van der Waals surface area contributed by atoms with Crippen LogP contribution < -0.4 is 10.6 Å². The summed E-state index contributed by atoms with van der Waals surface area (Å²) in [5.74, 6) is 0. The average molecular weight is 322 g/mol. The van der Waals surface area contributed by atoms with E-state index in [1.54, 1.807) is 0 Å². The third kappa shape index (κ3) is 3.16. The zero-order valence-corrected chi connectivity index (χ0v) is 12.3. The van der Waals surface area contributed by atoms with Crippen LogP contribution in [0.15, 0.2) is 29.2 Å². The lowest BCUT2D eigenvalue weighted by Gasteiger charge is -2.38. The molecule has 1 aliphatic heterocycles. The maximum Gasteiger partial charge on any atom is 0.501 e. The van der Waals surface area contributed by atoms with Crippen molar-refractivity contribution >= 4 is 15.5 Å². The van der Waals surface area contributed by atoms with Crippen LogP contribution in [0.3, 0.4) is 0 Å². The van der Waals surface area contributed by atoms with Crippen molar-refractivity contribution in [2.75, 3.05) is 11.4 Å². The Morgan fingerprint density at radius 3 is 2.29 bits per heavy atom. The maximum atomic E-state index is 12.5. The minimum absolute atomic E-state index is 0.126. The van der Waals surface area contributed by atoms with Crippen LogP contribution in [0.4, 0.5) is 18.9 Å². The fraction of sp³-hybridized carbons (Fsp3) is 0.538. The summed E-state index contributed by atoms with van der Waals surface area (Å²) in [6.45, 7) is 2.69. The fourth-order valence-corrected chi connectivity index (χ4v) is 3.30. The molecule has 0 aliphatic carbocycles. The summed E-state index contributed by atoms with van der Waals surface area (Å²) < 4.78 is 60.0. The molecule has 2 atom stereocenters. The van der Waals surface area contributed by atoms with Gasteiger partial charge in [0, 0.05) is 24.3 Å². The third-order valence-electron chi connectivity index (χ3n) is 3.70. The molecule has 1 aliphatic rings. The molecular formula is C13H17F3N2O2S. The topological polar surface area (TPSA) is 63.4 Å². The Morgan fingerprint density at radius 1 is 1.24 bits per heavy atom. The standard InChI is InChI=1S/C13H17F3N2O2S/c1-9-8-10(17)6-7-18(9)11-2-4-12(5-3-11)21(19,20)13(14,15)16/h2-5,9-10H,6-8,17H2,1H3. The smallest absolute Gasteiger partial charge is 0.369 e. The van der Waals surface area contributed by atoms with Crippen molar-refractivity contribution in [1.82, 2.24) is 0 Å². The summed E-state index contributed by atoms with van der Waals surface area (Å²) >= 11 is 0. The number of hydrogen-bond donors (Lipinski definition) is 1. The van der Waals surface area contributed by atoms with Gasteiger partial charge in [0.2, 0.25) is 0 Å². The van der Waals surface area contributed by atoms with Crippen molar-refractivity contribution < 1.29 is 21.6 Å². The quantitative estimate of drug-likeness (QED) is 0.907. The van der Waals surface area contributed by atoms with E-state index in [0.29, 0.717) is 12.2 Å². The van der Waals surface area contributed by atoms with E-state index in [0.717, 1.165) is 25.0 Å². The molecule has 0 spiro atoms. The number of hydrogen-bond acceptors (Lipinski definition) is 4. The Kier molecular flexibility index (Phi) is 4.21. The van der Waals surface area contributed by atoms with E-state index < -0.39 is 20.2 Å². The molecule has 118 valence electrons. The lowest BCUT2D eigenvalue weighted by Crippen LogP contribution is -2.45. The van der Waals surface area contributed by atoms with Crippen LogP contribution in [0.2, 0.25) is 0 Å². The van der Waals surface area contributed by atoms with Gasteiger partial charge in [-0.25, -0.2) is 8.42 Å². The van der Waals surface area contributed by atoms with Crippen molar-refractivity contribution in [3.8, 4) is 0 Å². The lowest BCUT2D eigenvalue weighted by atomic mass is 9.98. The lowest BCUT2D eigenvalue weighted by molar-refractivity contribution is -0.0436. The Bertz CT molecular complexity index is 599. The van der Waals surface area contributed by atoms with Crippen LogP contribution in [-0.4, -0.2) is 32.6 Å². The second-order valence-corrected chi connectivity index (χ2v) is 7.21. The van der Waals surface area contributed by atoms with E-state index in [4.69, 9.17) is 5.73 Å². The van der Waals surface area contributed by atoms with Gasteiger partial charge in [-0.2, -0.15) is 13.2 Å². The molecule has 4 nitrogen and oxygen atoms in total. The van der Waals surface area contributed by atoms with Crippen LogP contribution >= 0.6 is 0 Å². The summed E-state index contributed by atoms with van der Waals surface area (Å²) in [5.41, 5.74) is 1.29. The monoisotopic (exact) mass is 322 g/mol. The zero-order valence-electron chi connectivity index (χ0n) is 11.5. The summed E-state index contributed by atoms with van der Waals surface area (Å²) in [6.07, 6.45) is 1.59. The molecule has 1 saturated heterocycles. The van der Waals surface area contributed by atoms with Crippen molar-refractivity contribution in [3.63, 3.8) is 0 Å². The number of rotatable bonds is 2. The van der Waals surface area contributed by atoms with E-state index in [1.165, 1.54) is 12.1 Å². The van der Waals surface area contributed by atoms with E-state index >= 15 is 0 Å². The van der Waals surface area contributed by atoms with Gasteiger partial charge in [0.15, 0.2) is 0 Å². The van der Waals surface area contributed by atoms with Gasteiger partial charge in [-0.1, -0.05) is 0 Å². The first kappa shape index (κ1) is 16.1. The van der Waals surface area contributed by atoms with Crippen LogP contribution in [-0.2, 0) is 9.84 Å². The van der Waals surface area contributed by atoms with Gasteiger partial charge in [0.05, 0.1) is 4.90 Å². The predicted octanol–water partition coefficient (Wildman–Crippen LogP) is 2.30. The molecule has 2 unspecified atom stereocenters. The number of alkyl halides is 3. The first-order valence-corrected chi connectivity index (χ1v) is 8.05. The molecule has 2 rings (SSSR count). The second kappa shape index (κ2) is 5.49. The van der Waals surface area contributed by atoms with Crippen LogP contribution in [0.25, 0.3) is 0 Å². The summed E-state index contributed by atoms with van der Waals surface area (Å²) in [7, 11) is -5.28. The number of nitrogens with zero attached hydrogens (tertiary/aromatic N) is 1. The van der Waals surface area contributed by atoms with E-state index in [9.17, 15) is 21.6 Å². The highest BCUT2D eigenvalue weighted by molar-refractivity contribution is 7.92. The molecule has 1 aromatic carbocycles. The van der Waals surface area contributed by atoms with Crippen LogP contribution in [0, 0.1) is 0 Å². The Labute approximate surface area is 121 Å². The molecule has 1 heterocycles. The molecule has 2 N–H and O–H groups in total. The molecule has 0 radical (unpaired) electrons. The molecular weight excluding hydrogens is 305 g/mol. The van der Waals surface area contributed by atoms with E-state index in [-0.39, 0.29) is 12.1 Å². The number of benzene rings is 1. The van der Waals surface area contributed by atoms with Crippen molar-refractivity contribution in [2.24, 2.45) is 5.73 Å². The number of halogens is 3. The summed E-state index contributed by atoms with van der Waals surface area (Å²) in [4.78, 5) is 1.29. The van der Waals surface area contributed by atoms with Gasteiger partial charge in [0.25, 0.3) is 9.84 Å². The minimum atomic E-state index is -5.28. The molecule has 21 heavy (non-hydrogen) atoms. The summed E-state index contributed by atoms with van der Waals surface area (Å²) in [5, 5.41) is 0. The van der Waals surface area contributed by atoms with Crippen LogP contribution in [0.5, 0.6) is 0 Å². The first-order valence-electron chi connectivity index (χ1n) is 6.56. The number of nitrogens with two attached hydrogens (primary N) is 1. The van der Waals surface area contributed by atoms with Crippen molar-refractivity contribution in [3.05, 3.63) is 24.3 Å². The van der Waals surface area contributed by atoms with E-state index in [1.807, 2.05) is 11.8 Å². The van der Waals surface area contributed by atoms with Gasteiger partial charge in [0.1, 0.15) is 0 Å². The third-order valence-corrected chi connectivity index (χ3v) is 5.20. The zero-order chi connectivity index (χ0) is 15.8. The van der Waals surface area contributed by atoms with Crippen molar-refractivity contribution in [2.45, 2.75) is 42.3 Å². The molecule has 0 saturated carbocycles. The molecule has 0 aromatic heterocycles. The molecule has 0 amide bonds. The van der Waals surface area contributed by atoms with E-state index in [2.05, 4.69) is 0 Å². The Balaban J connectivity index is 2.24. The SMILES string of the molecule is CC1CC(N)CCN1c1ccc(S(=O)(=O)C(F)(F)F)cc1. The predicted molar refractivity (Wildman–Crippen MR) is 73.7 cm³/mol. The van der Waals surface area contributed by atoms with Crippen LogP contribution in [0.1, 0.15) is 19.8 Å². The van der Waals surface area contributed by atoms with Gasteiger partial charge < -0.3 is 10.6 Å². The Morgan fingerprint density at radius 2 is 1.81 bits per heavy atom. The number of piperidine rings is 1.